The van der Waals surface area contributed by atoms with E-state index in [0.717, 1.165) is 92.2 Å². The number of fused-ring (bicyclic) bond motifs is 2. The average Bonchev–Trinajstić information content (AvgIpc) is 3.64. The number of hydrogen-bond acceptors (Lipinski definition) is 9. The van der Waals surface area contributed by atoms with E-state index in [0.29, 0.717) is 10.7 Å². The third-order valence-corrected chi connectivity index (χ3v) is 11.7. The molecular weight excluding hydrogens is 622 g/mol. The maximum Gasteiger partial charge on any atom is 0.158 e. The van der Waals surface area contributed by atoms with E-state index in [2.05, 4.69) is 20.7 Å². The van der Waals surface area contributed by atoms with Crippen LogP contribution < -0.4 is 9.62 Å². The summed E-state index contributed by atoms with van der Waals surface area (Å²) in [5, 5.41) is 5.27. The van der Waals surface area contributed by atoms with Crippen LogP contribution in [0.25, 0.3) is 16.8 Å². The number of halogens is 1. The Hall–Kier alpha value is -2.80. The highest BCUT2D eigenvalue weighted by molar-refractivity contribution is 7.90. The maximum absolute atomic E-state index is 13.3. The van der Waals surface area contributed by atoms with Gasteiger partial charge in [0.15, 0.2) is 12.1 Å². The van der Waals surface area contributed by atoms with Crippen LogP contribution in [-0.4, -0.2) is 59.9 Å². The fourth-order valence-corrected chi connectivity index (χ4v) is 8.33. The topological polar surface area (TPSA) is 113 Å². The Kier molecular flexibility index (Phi) is 8.75. The molecular formula is C34H42ClN7O3S. The Bertz CT molecular complexity index is 1710. The van der Waals surface area contributed by atoms with E-state index in [1.807, 2.05) is 62.8 Å². The standard InChI is InChI=1S/C34H42ClN7O3S/c1-22-30(24-10-15-37-26(29(24)35)21-45-28-9-5-6-19-44-28)42-27(11-16-38-42)32(39-22)41-17-12-34(13-18-41)20-25-23(8-7-14-36-25)31(34)40-46(43)33(2,3)4/h7-8,10-11,14-16,28,31,40H,5-6,9,12-13,17-21H2,1-4H3/t28?,31-,46-/m1/s1. The van der Waals surface area contributed by atoms with Crippen LogP contribution in [0.2, 0.25) is 5.02 Å². The first-order valence-electron chi connectivity index (χ1n) is 16.2. The van der Waals surface area contributed by atoms with E-state index in [9.17, 15) is 4.55 Å². The Morgan fingerprint density at radius 3 is 2.72 bits per heavy atom. The van der Waals surface area contributed by atoms with Crippen molar-refractivity contribution in [2.45, 2.75) is 89.9 Å². The summed E-state index contributed by atoms with van der Waals surface area (Å²) in [7, 11) is 0. The minimum Gasteiger partial charge on any atom is -0.598 e. The third kappa shape index (κ3) is 5.90. The summed E-state index contributed by atoms with van der Waals surface area (Å²) in [5.74, 6) is 0.910. The van der Waals surface area contributed by atoms with E-state index in [1.54, 1.807) is 6.20 Å². The van der Waals surface area contributed by atoms with Gasteiger partial charge in [-0.25, -0.2) is 9.50 Å². The number of nitrogens with one attached hydrogen (secondary N) is 1. The van der Waals surface area contributed by atoms with Crippen molar-refractivity contribution in [3.8, 4) is 11.3 Å². The Labute approximate surface area is 278 Å². The van der Waals surface area contributed by atoms with Crippen molar-refractivity contribution < 1.29 is 14.0 Å². The number of aryl methyl sites for hydroxylation is 1. The second kappa shape index (κ2) is 12.7. The van der Waals surface area contributed by atoms with Gasteiger partial charge < -0.3 is 18.9 Å². The molecule has 0 aromatic carbocycles. The normalized spacial score (nSPS) is 22.0. The van der Waals surface area contributed by atoms with Gasteiger partial charge in [0.25, 0.3) is 0 Å². The van der Waals surface area contributed by atoms with Crippen LogP contribution in [0, 0.1) is 12.3 Å². The van der Waals surface area contributed by atoms with Gasteiger partial charge in [-0.15, -0.1) is 4.72 Å². The lowest BCUT2D eigenvalue weighted by molar-refractivity contribution is -0.169. The summed E-state index contributed by atoms with van der Waals surface area (Å²) >= 11 is 5.78. The molecule has 0 bridgehead atoms. The molecule has 2 saturated heterocycles. The van der Waals surface area contributed by atoms with Crippen LogP contribution in [0.4, 0.5) is 5.82 Å². The van der Waals surface area contributed by atoms with E-state index in [4.69, 9.17) is 36.1 Å². The molecule has 3 aliphatic rings. The van der Waals surface area contributed by atoms with Crippen LogP contribution in [0.1, 0.15) is 81.6 Å². The first kappa shape index (κ1) is 31.8. The molecule has 46 heavy (non-hydrogen) atoms. The number of ether oxygens (including phenoxy) is 2. The second-order valence-corrected chi connectivity index (χ2v) is 16.1. The highest BCUT2D eigenvalue weighted by atomic mass is 35.5. The van der Waals surface area contributed by atoms with Crippen molar-refractivity contribution in [2.24, 2.45) is 5.41 Å². The monoisotopic (exact) mass is 663 g/mol. The zero-order chi connectivity index (χ0) is 32.1. The predicted octanol–water partition coefficient (Wildman–Crippen LogP) is 6.13. The van der Waals surface area contributed by atoms with E-state index < -0.39 is 11.4 Å². The van der Waals surface area contributed by atoms with E-state index >= 15 is 0 Å². The van der Waals surface area contributed by atoms with Gasteiger partial charge >= 0.3 is 0 Å². The first-order chi connectivity index (χ1) is 22.1. The van der Waals surface area contributed by atoms with Crippen molar-refractivity contribution in [1.82, 2.24) is 29.3 Å². The Morgan fingerprint density at radius 2 is 1.96 bits per heavy atom. The van der Waals surface area contributed by atoms with Gasteiger partial charge in [0.05, 0.1) is 40.9 Å². The molecule has 0 saturated carbocycles. The van der Waals surface area contributed by atoms with Gasteiger partial charge in [-0.1, -0.05) is 17.7 Å². The maximum atomic E-state index is 13.3. The van der Waals surface area contributed by atoms with Crippen LogP contribution >= 0.6 is 11.6 Å². The summed E-state index contributed by atoms with van der Waals surface area (Å²) in [4.78, 5) is 16.8. The lowest BCUT2D eigenvalue weighted by Gasteiger charge is -2.44. The molecule has 4 aromatic rings. The largest absolute Gasteiger partial charge is 0.598 e. The Balaban J connectivity index is 1.14. The zero-order valence-electron chi connectivity index (χ0n) is 27.0. The number of rotatable bonds is 7. The van der Waals surface area contributed by atoms with Gasteiger partial charge in [-0.3, -0.25) is 9.97 Å². The van der Waals surface area contributed by atoms with Crippen molar-refractivity contribution >= 4 is 34.3 Å². The molecule has 1 spiro atoms. The van der Waals surface area contributed by atoms with Crippen LogP contribution in [0.3, 0.4) is 0 Å². The number of anilines is 1. The molecule has 0 radical (unpaired) electrons. The van der Waals surface area contributed by atoms with E-state index in [1.165, 1.54) is 5.56 Å². The lowest BCUT2D eigenvalue weighted by Crippen LogP contribution is -2.50. The van der Waals surface area contributed by atoms with Crippen molar-refractivity contribution in [2.75, 3.05) is 24.6 Å². The molecule has 244 valence electrons. The fraction of sp³-hybridized carbons (Fsp3) is 0.529. The molecule has 2 aliphatic heterocycles. The number of nitrogens with zero attached hydrogens (tertiary/aromatic N) is 6. The molecule has 12 heteroatoms. The summed E-state index contributed by atoms with van der Waals surface area (Å²) in [5.41, 5.74) is 6.31. The second-order valence-electron chi connectivity index (χ2n) is 13.7. The fourth-order valence-electron chi connectivity index (χ4n) is 7.13. The number of aromatic nitrogens is 5. The highest BCUT2D eigenvalue weighted by Gasteiger charge is 2.51. The first-order valence-corrected chi connectivity index (χ1v) is 17.8. The summed E-state index contributed by atoms with van der Waals surface area (Å²) in [6, 6.07) is 8.05. The van der Waals surface area contributed by atoms with Gasteiger partial charge in [-0.05, 0) is 90.0 Å². The van der Waals surface area contributed by atoms with Crippen molar-refractivity contribution in [1.29, 1.82) is 0 Å². The number of piperidine rings is 1. The predicted molar refractivity (Wildman–Crippen MR) is 180 cm³/mol. The quantitative estimate of drug-likeness (QED) is 0.234. The van der Waals surface area contributed by atoms with Gasteiger partial charge in [0.1, 0.15) is 10.3 Å². The Morgan fingerprint density at radius 1 is 1.13 bits per heavy atom. The lowest BCUT2D eigenvalue weighted by atomic mass is 9.73. The third-order valence-electron chi connectivity index (χ3n) is 9.67. The van der Waals surface area contributed by atoms with Gasteiger partial charge in [0, 0.05) is 60.1 Å². The smallest absolute Gasteiger partial charge is 0.158 e. The minimum absolute atomic E-state index is 0.0119. The summed E-state index contributed by atoms with van der Waals surface area (Å²) in [6.07, 6.45) is 11.0. The van der Waals surface area contributed by atoms with Gasteiger partial charge in [0.2, 0.25) is 0 Å². The molecule has 6 heterocycles. The molecule has 1 unspecified atom stereocenters. The van der Waals surface area contributed by atoms with Gasteiger partial charge in [-0.2, -0.15) is 5.10 Å². The molecule has 10 nitrogen and oxygen atoms in total. The molecule has 3 atom stereocenters. The molecule has 0 amide bonds. The molecule has 4 aromatic heterocycles. The summed E-state index contributed by atoms with van der Waals surface area (Å²) in [6.45, 7) is 10.7. The minimum atomic E-state index is -1.20. The van der Waals surface area contributed by atoms with Crippen LogP contribution in [-0.2, 0) is 33.9 Å². The molecule has 2 fully saturated rings. The SMILES string of the molecule is Cc1nc(N2CCC3(CC2)Cc2ncccc2[C@H]3N[S@+]([O-])C(C)(C)C)c2ccnn2c1-c1ccnc(COC2CCCCO2)c1Cl. The molecule has 1 N–H and O–H groups in total. The summed E-state index contributed by atoms with van der Waals surface area (Å²) < 4.78 is 30.2. The molecule has 1 aliphatic carbocycles. The number of pyridine rings is 2. The zero-order valence-corrected chi connectivity index (χ0v) is 28.5. The average molecular weight is 664 g/mol. The van der Waals surface area contributed by atoms with Crippen LogP contribution in [0.5, 0.6) is 0 Å². The van der Waals surface area contributed by atoms with Crippen molar-refractivity contribution in [3.05, 3.63) is 70.5 Å². The van der Waals surface area contributed by atoms with Crippen molar-refractivity contribution in [3.63, 3.8) is 0 Å². The van der Waals surface area contributed by atoms with E-state index in [-0.39, 0.29) is 29.1 Å². The van der Waals surface area contributed by atoms with Crippen LogP contribution in [0.15, 0.2) is 42.9 Å². The number of hydrogen-bond donors (Lipinski definition) is 1. The highest BCUT2D eigenvalue weighted by Crippen LogP contribution is 2.52. The molecule has 7 rings (SSSR count).